The standard InChI is InChI=1S/C13H15N7/c1-19-9-10(16-18-19)7-12(14)13-8-15-20(17-13)11-5-3-2-4-6-11/h2-6,8-9,12H,7,14H2,1H3. The minimum Gasteiger partial charge on any atom is -0.322 e. The Bertz CT molecular complexity index is 686. The van der Waals surface area contributed by atoms with Crippen molar-refractivity contribution >= 4 is 0 Å². The van der Waals surface area contributed by atoms with E-state index in [-0.39, 0.29) is 6.04 Å². The minimum absolute atomic E-state index is 0.246. The lowest BCUT2D eigenvalue weighted by Crippen LogP contribution is -2.14. The van der Waals surface area contributed by atoms with Gasteiger partial charge in [0, 0.05) is 19.7 Å². The second kappa shape index (κ2) is 5.22. The van der Waals surface area contributed by atoms with Gasteiger partial charge in [0.1, 0.15) is 5.69 Å². The van der Waals surface area contributed by atoms with E-state index < -0.39 is 0 Å². The van der Waals surface area contributed by atoms with Gasteiger partial charge in [-0.2, -0.15) is 15.0 Å². The summed E-state index contributed by atoms with van der Waals surface area (Å²) in [4.78, 5) is 1.58. The number of rotatable bonds is 4. The van der Waals surface area contributed by atoms with E-state index in [9.17, 15) is 0 Å². The zero-order valence-corrected chi connectivity index (χ0v) is 11.1. The summed E-state index contributed by atoms with van der Waals surface area (Å²) in [5, 5.41) is 16.6. The molecule has 0 aliphatic heterocycles. The summed E-state index contributed by atoms with van der Waals surface area (Å²) < 4.78 is 1.66. The van der Waals surface area contributed by atoms with Gasteiger partial charge in [-0.1, -0.05) is 23.4 Å². The molecular formula is C13H15N7. The summed E-state index contributed by atoms with van der Waals surface area (Å²) in [6.45, 7) is 0. The summed E-state index contributed by atoms with van der Waals surface area (Å²) in [5.74, 6) is 0. The summed E-state index contributed by atoms with van der Waals surface area (Å²) in [7, 11) is 1.83. The van der Waals surface area contributed by atoms with Crippen LogP contribution in [0.4, 0.5) is 0 Å². The Morgan fingerprint density at radius 3 is 2.75 bits per heavy atom. The fraction of sp³-hybridized carbons (Fsp3) is 0.231. The van der Waals surface area contributed by atoms with Gasteiger partial charge in [0.2, 0.25) is 0 Å². The molecule has 1 atom stereocenters. The van der Waals surface area contributed by atoms with Gasteiger partial charge in [0.25, 0.3) is 0 Å². The van der Waals surface area contributed by atoms with Crippen LogP contribution in [0.15, 0.2) is 42.7 Å². The summed E-state index contributed by atoms with van der Waals surface area (Å²) in [6, 6.07) is 9.48. The number of nitrogens with zero attached hydrogens (tertiary/aromatic N) is 6. The Labute approximate surface area is 116 Å². The maximum Gasteiger partial charge on any atom is 0.100 e. The second-order valence-electron chi connectivity index (χ2n) is 4.59. The van der Waals surface area contributed by atoms with Gasteiger partial charge in [-0.15, -0.1) is 5.10 Å². The first-order valence-electron chi connectivity index (χ1n) is 6.31. The molecule has 2 N–H and O–H groups in total. The van der Waals surface area contributed by atoms with Crippen LogP contribution in [0.5, 0.6) is 0 Å². The molecule has 7 nitrogen and oxygen atoms in total. The van der Waals surface area contributed by atoms with E-state index >= 15 is 0 Å². The van der Waals surface area contributed by atoms with Crippen molar-refractivity contribution in [2.45, 2.75) is 12.5 Å². The van der Waals surface area contributed by atoms with E-state index in [1.165, 1.54) is 0 Å². The molecule has 1 aromatic carbocycles. The normalized spacial score (nSPS) is 12.5. The Morgan fingerprint density at radius 2 is 2.05 bits per heavy atom. The quantitative estimate of drug-likeness (QED) is 0.751. The van der Waals surface area contributed by atoms with E-state index in [0.717, 1.165) is 17.1 Å². The molecule has 0 amide bonds. The third kappa shape index (κ3) is 2.57. The van der Waals surface area contributed by atoms with Crippen molar-refractivity contribution in [1.29, 1.82) is 0 Å². The van der Waals surface area contributed by atoms with Gasteiger partial charge in [-0.05, 0) is 12.1 Å². The molecule has 0 saturated carbocycles. The topological polar surface area (TPSA) is 87.4 Å². The smallest absolute Gasteiger partial charge is 0.100 e. The van der Waals surface area contributed by atoms with Gasteiger partial charge >= 0.3 is 0 Å². The highest BCUT2D eigenvalue weighted by atomic mass is 15.5. The first-order valence-corrected chi connectivity index (χ1v) is 6.31. The summed E-state index contributed by atoms with van der Waals surface area (Å²) in [5.41, 5.74) is 8.62. The van der Waals surface area contributed by atoms with Crippen LogP contribution in [0.25, 0.3) is 5.69 Å². The van der Waals surface area contributed by atoms with Crippen LogP contribution >= 0.6 is 0 Å². The zero-order valence-electron chi connectivity index (χ0n) is 11.1. The Morgan fingerprint density at radius 1 is 1.25 bits per heavy atom. The molecule has 0 fully saturated rings. The predicted molar refractivity (Wildman–Crippen MR) is 73.0 cm³/mol. The molecule has 2 aromatic heterocycles. The molecule has 0 bridgehead atoms. The van der Waals surface area contributed by atoms with E-state index in [4.69, 9.17) is 5.73 Å². The molecule has 102 valence electrons. The zero-order chi connectivity index (χ0) is 13.9. The van der Waals surface area contributed by atoms with Crippen LogP contribution in [0.3, 0.4) is 0 Å². The summed E-state index contributed by atoms with van der Waals surface area (Å²) in [6.07, 6.45) is 4.12. The average molecular weight is 269 g/mol. The van der Waals surface area contributed by atoms with Crippen molar-refractivity contribution < 1.29 is 0 Å². The molecule has 1 unspecified atom stereocenters. The number of hydrogen-bond donors (Lipinski definition) is 1. The fourth-order valence-electron chi connectivity index (χ4n) is 1.95. The van der Waals surface area contributed by atoms with Gasteiger partial charge < -0.3 is 5.73 Å². The molecule has 2 heterocycles. The van der Waals surface area contributed by atoms with Crippen LogP contribution in [-0.2, 0) is 13.5 Å². The first-order chi connectivity index (χ1) is 9.72. The number of hydrogen-bond acceptors (Lipinski definition) is 5. The Kier molecular flexibility index (Phi) is 3.26. The highest BCUT2D eigenvalue weighted by Crippen LogP contribution is 2.13. The second-order valence-corrected chi connectivity index (χ2v) is 4.59. The van der Waals surface area contributed by atoms with Crippen LogP contribution < -0.4 is 5.73 Å². The molecule has 0 saturated heterocycles. The third-order valence-corrected chi connectivity index (χ3v) is 2.96. The number of aryl methyl sites for hydroxylation is 1. The lowest BCUT2D eigenvalue weighted by atomic mass is 10.1. The molecule has 3 rings (SSSR count). The van der Waals surface area contributed by atoms with Crippen molar-refractivity contribution in [3.8, 4) is 5.69 Å². The number of aromatic nitrogens is 6. The van der Waals surface area contributed by atoms with E-state index in [1.54, 1.807) is 15.7 Å². The van der Waals surface area contributed by atoms with Crippen LogP contribution in [-0.4, -0.2) is 30.0 Å². The highest BCUT2D eigenvalue weighted by molar-refractivity contribution is 5.28. The first kappa shape index (κ1) is 12.5. The van der Waals surface area contributed by atoms with Crippen molar-refractivity contribution in [2.24, 2.45) is 12.8 Å². The monoisotopic (exact) mass is 269 g/mol. The van der Waals surface area contributed by atoms with Crippen molar-refractivity contribution in [1.82, 2.24) is 30.0 Å². The molecule has 3 aromatic rings. The molecule has 0 spiro atoms. The van der Waals surface area contributed by atoms with Crippen LogP contribution in [0.2, 0.25) is 0 Å². The molecule has 20 heavy (non-hydrogen) atoms. The van der Waals surface area contributed by atoms with Crippen molar-refractivity contribution in [3.05, 3.63) is 54.1 Å². The molecule has 0 radical (unpaired) electrons. The number of benzene rings is 1. The largest absolute Gasteiger partial charge is 0.322 e. The lowest BCUT2D eigenvalue weighted by Gasteiger charge is -2.05. The third-order valence-electron chi connectivity index (χ3n) is 2.96. The summed E-state index contributed by atoms with van der Waals surface area (Å²) >= 11 is 0. The SMILES string of the molecule is Cn1cc(CC(N)c2cnn(-c3ccccc3)n2)nn1. The Balaban J connectivity index is 1.76. The van der Waals surface area contributed by atoms with Crippen molar-refractivity contribution in [2.75, 3.05) is 0 Å². The van der Waals surface area contributed by atoms with Gasteiger partial charge in [0.15, 0.2) is 0 Å². The lowest BCUT2D eigenvalue weighted by molar-refractivity contribution is 0.655. The predicted octanol–water partition coefficient (Wildman–Crippen LogP) is 0.638. The van der Waals surface area contributed by atoms with Crippen LogP contribution in [0.1, 0.15) is 17.4 Å². The molecular weight excluding hydrogens is 254 g/mol. The molecule has 0 aliphatic rings. The fourth-order valence-corrected chi connectivity index (χ4v) is 1.95. The maximum atomic E-state index is 6.13. The van der Waals surface area contributed by atoms with E-state index in [0.29, 0.717) is 6.42 Å². The van der Waals surface area contributed by atoms with Gasteiger partial charge in [0.05, 0.1) is 23.6 Å². The van der Waals surface area contributed by atoms with Crippen molar-refractivity contribution in [3.63, 3.8) is 0 Å². The van der Waals surface area contributed by atoms with Gasteiger partial charge in [-0.25, -0.2) is 0 Å². The van der Waals surface area contributed by atoms with E-state index in [2.05, 4.69) is 20.5 Å². The average Bonchev–Trinajstić information content (AvgIpc) is 3.09. The van der Waals surface area contributed by atoms with Gasteiger partial charge in [-0.3, -0.25) is 4.68 Å². The maximum absolute atomic E-state index is 6.13. The number of para-hydroxylation sites is 1. The molecule has 7 heteroatoms. The van der Waals surface area contributed by atoms with E-state index in [1.807, 2.05) is 43.6 Å². The Hall–Kier alpha value is -2.54. The molecule has 0 aliphatic carbocycles. The number of nitrogens with two attached hydrogens (primary N) is 1. The minimum atomic E-state index is -0.246. The van der Waals surface area contributed by atoms with Crippen LogP contribution in [0, 0.1) is 0 Å². The highest BCUT2D eigenvalue weighted by Gasteiger charge is 2.13.